The number of carbonyl (C=O) groups is 1. The number of hydrogen-bond donors (Lipinski definition) is 2. The van der Waals surface area contributed by atoms with Crippen molar-refractivity contribution in [3.63, 3.8) is 0 Å². The van der Waals surface area contributed by atoms with Crippen molar-refractivity contribution in [2.75, 3.05) is 5.32 Å². The summed E-state index contributed by atoms with van der Waals surface area (Å²) in [6.07, 6.45) is 3.73. The SMILES string of the molecule is O=C(Cc1cccnc1)Nc1ccc2c(c1)[nH]c1ccccc12. The molecule has 1 amide bonds. The number of aromatic amines is 1. The van der Waals surface area contributed by atoms with Crippen molar-refractivity contribution in [1.29, 1.82) is 0 Å². The highest BCUT2D eigenvalue weighted by molar-refractivity contribution is 6.08. The molecule has 23 heavy (non-hydrogen) atoms. The van der Waals surface area contributed by atoms with E-state index in [9.17, 15) is 4.79 Å². The number of para-hydroxylation sites is 1. The van der Waals surface area contributed by atoms with E-state index in [0.29, 0.717) is 6.42 Å². The lowest BCUT2D eigenvalue weighted by atomic mass is 10.1. The quantitative estimate of drug-likeness (QED) is 0.603. The molecule has 0 aliphatic heterocycles. The molecule has 0 bridgehead atoms. The molecule has 2 heterocycles. The zero-order valence-electron chi connectivity index (χ0n) is 12.4. The summed E-state index contributed by atoms with van der Waals surface area (Å²) in [5.74, 6) is -0.0477. The molecule has 0 saturated heterocycles. The van der Waals surface area contributed by atoms with Crippen molar-refractivity contribution >= 4 is 33.4 Å². The van der Waals surface area contributed by atoms with Gasteiger partial charge >= 0.3 is 0 Å². The largest absolute Gasteiger partial charge is 0.354 e. The number of pyridine rings is 1. The minimum Gasteiger partial charge on any atom is -0.354 e. The van der Waals surface area contributed by atoms with E-state index in [1.54, 1.807) is 12.4 Å². The maximum atomic E-state index is 12.1. The molecule has 4 heteroatoms. The van der Waals surface area contributed by atoms with E-state index < -0.39 is 0 Å². The average molecular weight is 301 g/mol. The Morgan fingerprint density at radius 2 is 1.87 bits per heavy atom. The number of amides is 1. The van der Waals surface area contributed by atoms with Crippen molar-refractivity contribution in [2.24, 2.45) is 0 Å². The van der Waals surface area contributed by atoms with E-state index in [4.69, 9.17) is 0 Å². The number of benzene rings is 2. The van der Waals surface area contributed by atoms with Gasteiger partial charge in [0.2, 0.25) is 5.91 Å². The second-order valence-electron chi connectivity index (χ2n) is 5.52. The van der Waals surface area contributed by atoms with Gasteiger partial charge in [0.05, 0.1) is 6.42 Å². The fraction of sp³-hybridized carbons (Fsp3) is 0.0526. The van der Waals surface area contributed by atoms with Gasteiger partial charge in [-0.15, -0.1) is 0 Å². The van der Waals surface area contributed by atoms with Gasteiger partial charge in [-0.3, -0.25) is 9.78 Å². The summed E-state index contributed by atoms with van der Waals surface area (Å²) < 4.78 is 0. The van der Waals surface area contributed by atoms with Crippen molar-refractivity contribution in [1.82, 2.24) is 9.97 Å². The number of rotatable bonds is 3. The molecule has 4 aromatic rings. The number of nitrogens with zero attached hydrogens (tertiary/aromatic N) is 1. The predicted molar refractivity (Wildman–Crippen MR) is 92.4 cm³/mol. The van der Waals surface area contributed by atoms with Crippen LogP contribution < -0.4 is 5.32 Å². The fourth-order valence-corrected chi connectivity index (χ4v) is 2.83. The summed E-state index contributed by atoms with van der Waals surface area (Å²) in [5, 5.41) is 5.29. The number of H-pyrrole nitrogens is 1. The van der Waals surface area contributed by atoms with E-state index in [1.807, 2.05) is 42.5 Å². The highest BCUT2D eigenvalue weighted by Gasteiger charge is 2.07. The van der Waals surface area contributed by atoms with Crippen LogP contribution in [0.15, 0.2) is 67.0 Å². The lowest BCUT2D eigenvalue weighted by Crippen LogP contribution is -2.14. The van der Waals surface area contributed by atoms with Crippen LogP contribution in [-0.2, 0) is 11.2 Å². The van der Waals surface area contributed by atoms with Crippen LogP contribution in [0.4, 0.5) is 5.69 Å². The third kappa shape index (κ3) is 2.66. The van der Waals surface area contributed by atoms with Crippen LogP contribution in [0.25, 0.3) is 21.8 Å². The lowest BCUT2D eigenvalue weighted by Gasteiger charge is -2.05. The van der Waals surface area contributed by atoms with Crippen molar-refractivity contribution in [2.45, 2.75) is 6.42 Å². The fourth-order valence-electron chi connectivity index (χ4n) is 2.83. The highest BCUT2D eigenvalue weighted by Crippen LogP contribution is 2.27. The second kappa shape index (κ2) is 5.57. The second-order valence-corrected chi connectivity index (χ2v) is 5.52. The van der Waals surface area contributed by atoms with Gasteiger partial charge < -0.3 is 10.3 Å². The van der Waals surface area contributed by atoms with Crippen molar-refractivity contribution < 1.29 is 4.79 Å². The molecule has 0 atom stereocenters. The van der Waals surface area contributed by atoms with Gasteiger partial charge in [-0.2, -0.15) is 0 Å². The van der Waals surface area contributed by atoms with Crippen LogP contribution in [0.2, 0.25) is 0 Å². The molecule has 2 aromatic heterocycles. The number of aromatic nitrogens is 2. The Morgan fingerprint density at radius 3 is 2.74 bits per heavy atom. The summed E-state index contributed by atoms with van der Waals surface area (Å²) in [4.78, 5) is 19.5. The lowest BCUT2D eigenvalue weighted by molar-refractivity contribution is -0.115. The van der Waals surface area contributed by atoms with Gasteiger partial charge in [-0.05, 0) is 29.8 Å². The molecule has 2 aromatic carbocycles. The molecule has 0 aliphatic rings. The van der Waals surface area contributed by atoms with E-state index in [1.165, 1.54) is 5.39 Å². The molecule has 0 unspecified atom stereocenters. The summed E-state index contributed by atoms with van der Waals surface area (Å²) in [7, 11) is 0. The predicted octanol–water partition coefficient (Wildman–Crippen LogP) is 3.90. The third-order valence-electron chi connectivity index (χ3n) is 3.88. The number of nitrogens with one attached hydrogen (secondary N) is 2. The normalized spacial score (nSPS) is 11.0. The monoisotopic (exact) mass is 301 g/mol. The van der Waals surface area contributed by atoms with E-state index in [-0.39, 0.29) is 5.91 Å². The number of anilines is 1. The number of carbonyl (C=O) groups excluding carboxylic acids is 1. The number of hydrogen-bond acceptors (Lipinski definition) is 2. The topological polar surface area (TPSA) is 57.8 Å². The molecular weight excluding hydrogens is 286 g/mol. The zero-order chi connectivity index (χ0) is 15.6. The Balaban J connectivity index is 1.59. The minimum absolute atomic E-state index is 0.0477. The first-order valence-corrected chi connectivity index (χ1v) is 7.49. The third-order valence-corrected chi connectivity index (χ3v) is 3.88. The van der Waals surface area contributed by atoms with Crippen LogP contribution in [0, 0.1) is 0 Å². The van der Waals surface area contributed by atoms with E-state index >= 15 is 0 Å². The van der Waals surface area contributed by atoms with Crippen molar-refractivity contribution in [3.8, 4) is 0 Å². The van der Waals surface area contributed by atoms with Crippen LogP contribution in [-0.4, -0.2) is 15.9 Å². The molecule has 4 rings (SSSR count). The summed E-state index contributed by atoms with van der Waals surface area (Å²) in [6, 6.07) is 17.8. The Hall–Kier alpha value is -3.14. The molecule has 0 spiro atoms. The molecule has 0 radical (unpaired) electrons. The Bertz CT molecular complexity index is 989. The molecule has 2 N–H and O–H groups in total. The van der Waals surface area contributed by atoms with Crippen LogP contribution in [0.3, 0.4) is 0 Å². The van der Waals surface area contributed by atoms with E-state index in [2.05, 4.69) is 27.4 Å². The first kappa shape index (κ1) is 13.5. The van der Waals surface area contributed by atoms with E-state index in [0.717, 1.165) is 27.7 Å². The van der Waals surface area contributed by atoms with Crippen LogP contribution in [0.5, 0.6) is 0 Å². The standard InChI is InChI=1S/C19H15N3O/c23-19(10-13-4-3-9-20-12-13)21-14-7-8-16-15-5-1-2-6-17(15)22-18(16)11-14/h1-9,11-12,22H,10H2,(H,21,23). The van der Waals surface area contributed by atoms with Crippen LogP contribution in [0.1, 0.15) is 5.56 Å². The summed E-state index contributed by atoms with van der Waals surface area (Å²) in [6.45, 7) is 0. The average Bonchev–Trinajstić information content (AvgIpc) is 2.93. The molecule has 0 fully saturated rings. The van der Waals surface area contributed by atoms with Gasteiger partial charge in [0, 0.05) is 39.9 Å². The smallest absolute Gasteiger partial charge is 0.228 e. The molecule has 0 aliphatic carbocycles. The maximum Gasteiger partial charge on any atom is 0.228 e. The highest BCUT2D eigenvalue weighted by atomic mass is 16.1. The van der Waals surface area contributed by atoms with Gasteiger partial charge in [0.15, 0.2) is 0 Å². The van der Waals surface area contributed by atoms with Gasteiger partial charge in [0.25, 0.3) is 0 Å². The minimum atomic E-state index is -0.0477. The molecular formula is C19H15N3O. The van der Waals surface area contributed by atoms with Gasteiger partial charge in [-0.25, -0.2) is 0 Å². The summed E-state index contributed by atoms with van der Waals surface area (Å²) in [5.41, 5.74) is 3.81. The Morgan fingerprint density at radius 1 is 1.00 bits per heavy atom. The zero-order valence-corrected chi connectivity index (χ0v) is 12.4. The Labute approximate surface area is 133 Å². The van der Waals surface area contributed by atoms with Crippen LogP contribution >= 0.6 is 0 Å². The van der Waals surface area contributed by atoms with Crippen molar-refractivity contribution in [3.05, 3.63) is 72.6 Å². The van der Waals surface area contributed by atoms with Gasteiger partial charge in [0.1, 0.15) is 0 Å². The number of fused-ring (bicyclic) bond motifs is 3. The molecule has 112 valence electrons. The van der Waals surface area contributed by atoms with Gasteiger partial charge in [-0.1, -0.05) is 30.3 Å². The molecule has 0 saturated carbocycles. The summed E-state index contributed by atoms with van der Waals surface area (Å²) >= 11 is 0. The Kier molecular flexibility index (Phi) is 3.27. The molecule has 4 nitrogen and oxygen atoms in total. The maximum absolute atomic E-state index is 12.1. The first-order chi connectivity index (χ1) is 11.3. The first-order valence-electron chi connectivity index (χ1n) is 7.49.